The van der Waals surface area contributed by atoms with Crippen molar-refractivity contribution in [3.63, 3.8) is 0 Å². The maximum atomic E-state index is 13.8. The molecule has 1 aliphatic heterocycles. The molecule has 0 spiro atoms. The Kier molecular flexibility index (Phi) is 4.31. The van der Waals surface area contributed by atoms with Gasteiger partial charge < -0.3 is 14.6 Å². The summed E-state index contributed by atoms with van der Waals surface area (Å²) < 4.78 is 7.21. The predicted octanol–water partition coefficient (Wildman–Crippen LogP) is 3.47. The molecule has 4 aromatic rings. The summed E-state index contributed by atoms with van der Waals surface area (Å²) in [6.45, 7) is 4.50. The third kappa shape index (κ3) is 2.77. The molecule has 0 radical (unpaired) electrons. The van der Waals surface area contributed by atoms with Crippen LogP contribution >= 0.6 is 0 Å². The van der Waals surface area contributed by atoms with E-state index >= 15 is 0 Å². The summed E-state index contributed by atoms with van der Waals surface area (Å²) in [6.07, 6.45) is 4.35. The quantitative estimate of drug-likeness (QED) is 0.570. The summed E-state index contributed by atoms with van der Waals surface area (Å²) in [5, 5.41) is 0. The van der Waals surface area contributed by atoms with Crippen molar-refractivity contribution in [1.29, 1.82) is 0 Å². The van der Waals surface area contributed by atoms with Crippen LogP contribution < -0.4 is 4.74 Å². The maximum absolute atomic E-state index is 13.8. The first-order chi connectivity index (χ1) is 14.6. The number of imidazole rings is 2. The third-order valence-corrected chi connectivity index (χ3v) is 5.84. The second kappa shape index (κ2) is 7.02. The Hall–Kier alpha value is -3.61. The molecule has 0 aliphatic carbocycles. The molecule has 1 atom stereocenters. The first kappa shape index (κ1) is 18.4. The summed E-state index contributed by atoms with van der Waals surface area (Å²) in [6, 6.07) is 11.5. The Morgan fingerprint density at radius 1 is 1.20 bits per heavy atom. The summed E-state index contributed by atoms with van der Waals surface area (Å²) in [5.74, 6) is 0.739. The van der Waals surface area contributed by atoms with Crippen LogP contribution in [-0.4, -0.2) is 43.8 Å². The number of methoxy groups -OCH3 is 1. The number of aryl methyl sites for hydroxylation is 2. The topological polar surface area (TPSA) is 75.5 Å². The normalized spacial score (nSPS) is 16.0. The number of hydrogen-bond donors (Lipinski definition) is 1. The Morgan fingerprint density at radius 3 is 2.77 bits per heavy atom. The Labute approximate surface area is 174 Å². The first-order valence-electron chi connectivity index (χ1n) is 10.00. The van der Waals surface area contributed by atoms with Crippen LogP contribution in [0.3, 0.4) is 0 Å². The lowest BCUT2D eigenvalue weighted by atomic mass is 9.95. The monoisotopic (exact) mass is 401 g/mol. The minimum Gasteiger partial charge on any atom is -0.497 e. The van der Waals surface area contributed by atoms with Crippen LogP contribution in [0.25, 0.3) is 5.65 Å². The summed E-state index contributed by atoms with van der Waals surface area (Å²) in [7, 11) is 1.65. The number of aromatic amines is 1. The van der Waals surface area contributed by atoms with Crippen LogP contribution in [0, 0.1) is 13.8 Å². The van der Waals surface area contributed by atoms with Gasteiger partial charge in [-0.05, 0) is 43.2 Å². The summed E-state index contributed by atoms with van der Waals surface area (Å²) in [5.41, 5.74) is 6.16. The largest absolute Gasteiger partial charge is 0.497 e. The van der Waals surface area contributed by atoms with Gasteiger partial charge >= 0.3 is 0 Å². The number of rotatable bonds is 3. The molecule has 3 aromatic heterocycles. The van der Waals surface area contributed by atoms with Gasteiger partial charge in [-0.15, -0.1) is 0 Å². The fourth-order valence-corrected chi connectivity index (χ4v) is 4.33. The average Bonchev–Trinajstić information content (AvgIpc) is 3.37. The first-order valence-corrected chi connectivity index (χ1v) is 10.00. The maximum Gasteiger partial charge on any atom is 0.273 e. The van der Waals surface area contributed by atoms with Crippen LogP contribution in [0.15, 0.2) is 48.9 Å². The lowest BCUT2D eigenvalue weighted by Gasteiger charge is -2.35. The number of H-pyrrole nitrogens is 1. The number of aromatic nitrogens is 4. The minimum atomic E-state index is -0.270. The molecule has 1 aromatic carbocycles. The number of carbonyl (C=O) groups is 1. The zero-order valence-corrected chi connectivity index (χ0v) is 17.2. The second-order valence-electron chi connectivity index (χ2n) is 7.62. The SMILES string of the molecule is COc1ccc([C@H]2c3nc[nH]c3CCN2C(=O)c2c(C)nc3c(C)cccn23)cc1. The number of pyridine rings is 1. The highest BCUT2D eigenvalue weighted by atomic mass is 16.5. The molecule has 5 rings (SSSR count). The van der Waals surface area contributed by atoms with Crippen molar-refractivity contribution in [3.8, 4) is 5.75 Å². The number of nitrogens with zero attached hydrogens (tertiary/aromatic N) is 4. The van der Waals surface area contributed by atoms with E-state index in [1.807, 2.05) is 65.7 Å². The molecule has 0 saturated carbocycles. The molecule has 7 nitrogen and oxygen atoms in total. The zero-order valence-electron chi connectivity index (χ0n) is 17.2. The summed E-state index contributed by atoms with van der Waals surface area (Å²) in [4.78, 5) is 28.2. The summed E-state index contributed by atoms with van der Waals surface area (Å²) >= 11 is 0. The van der Waals surface area contributed by atoms with E-state index in [2.05, 4.69) is 15.0 Å². The van der Waals surface area contributed by atoms with Crippen molar-refractivity contribution >= 4 is 11.6 Å². The van der Waals surface area contributed by atoms with E-state index in [1.54, 1.807) is 13.4 Å². The van der Waals surface area contributed by atoms with Crippen LogP contribution in [0.5, 0.6) is 5.75 Å². The minimum absolute atomic E-state index is 0.0416. The molecule has 30 heavy (non-hydrogen) atoms. The smallest absolute Gasteiger partial charge is 0.273 e. The molecule has 0 fully saturated rings. The molecule has 1 aliphatic rings. The fraction of sp³-hybridized carbons (Fsp3) is 0.261. The Balaban J connectivity index is 1.63. The van der Waals surface area contributed by atoms with Gasteiger partial charge in [-0.3, -0.25) is 9.20 Å². The van der Waals surface area contributed by atoms with Crippen molar-refractivity contribution in [2.24, 2.45) is 0 Å². The number of carbonyl (C=O) groups excluding carboxylic acids is 1. The van der Waals surface area contributed by atoms with Crippen molar-refractivity contribution in [3.05, 3.63) is 82.8 Å². The van der Waals surface area contributed by atoms with Gasteiger partial charge in [-0.2, -0.15) is 0 Å². The number of nitrogens with one attached hydrogen (secondary N) is 1. The van der Waals surface area contributed by atoms with Gasteiger partial charge in [0, 0.05) is 24.9 Å². The molecule has 152 valence electrons. The standard InChI is InChI=1S/C23H23N5O2/c1-14-5-4-11-27-20(15(2)26-22(14)27)23(29)28-12-10-18-19(25-13-24-18)21(28)16-6-8-17(30-3)9-7-16/h4-9,11,13,21H,10,12H2,1-3H3,(H,24,25)/t21-/m0/s1. The molecule has 4 heterocycles. The van der Waals surface area contributed by atoms with Crippen LogP contribution in [-0.2, 0) is 6.42 Å². The van der Waals surface area contributed by atoms with E-state index in [4.69, 9.17) is 4.74 Å². The van der Waals surface area contributed by atoms with E-state index in [1.165, 1.54) is 0 Å². The van der Waals surface area contributed by atoms with Gasteiger partial charge in [-0.25, -0.2) is 9.97 Å². The molecule has 7 heteroatoms. The van der Waals surface area contributed by atoms with Crippen molar-refractivity contribution in [1.82, 2.24) is 24.3 Å². The number of hydrogen-bond acceptors (Lipinski definition) is 4. The highest BCUT2D eigenvalue weighted by Gasteiger charge is 2.36. The van der Waals surface area contributed by atoms with Crippen LogP contribution in [0.2, 0.25) is 0 Å². The van der Waals surface area contributed by atoms with E-state index in [9.17, 15) is 4.79 Å². The van der Waals surface area contributed by atoms with E-state index in [-0.39, 0.29) is 11.9 Å². The van der Waals surface area contributed by atoms with Gasteiger partial charge in [0.25, 0.3) is 5.91 Å². The number of ether oxygens (including phenoxy) is 1. The lowest BCUT2D eigenvalue weighted by Crippen LogP contribution is -2.41. The van der Waals surface area contributed by atoms with E-state index < -0.39 is 0 Å². The molecular weight excluding hydrogens is 378 g/mol. The van der Waals surface area contributed by atoms with Crippen LogP contribution in [0.4, 0.5) is 0 Å². The van der Waals surface area contributed by atoms with Gasteiger partial charge in [0.1, 0.15) is 23.1 Å². The number of fused-ring (bicyclic) bond motifs is 2. The van der Waals surface area contributed by atoms with Gasteiger partial charge in [-0.1, -0.05) is 18.2 Å². The zero-order chi connectivity index (χ0) is 20.8. The number of benzene rings is 1. The Bertz CT molecular complexity index is 1240. The van der Waals surface area contributed by atoms with Gasteiger partial charge in [0.2, 0.25) is 0 Å². The fourth-order valence-electron chi connectivity index (χ4n) is 4.33. The highest BCUT2D eigenvalue weighted by molar-refractivity contribution is 5.95. The lowest BCUT2D eigenvalue weighted by molar-refractivity contribution is 0.0682. The van der Waals surface area contributed by atoms with E-state index in [0.29, 0.717) is 12.2 Å². The van der Waals surface area contributed by atoms with Crippen molar-refractivity contribution in [2.45, 2.75) is 26.3 Å². The molecule has 0 bridgehead atoms. The van der Waals surface area contributed by atoms with Crippen molar-refractivity contribution in [2.75, 3.05) is 13.7 Å². The molecular formula is C23H23N5O2. The highest BCUT2D eigenvalue weighted by Crippen LogP contribution is 2.35. The van der Waals surface area contributed by atoms with Gasteiger partial charge in [0.15, 0.2) is 0 Å². The van der Waals surface area contributed by atoms with Gasteiger partial charge in [0.05, 0.1) is 24.8 Å². The Morgan fingerprint density at radius 2 is 2.00 bits per heavy atom. The van der Waals surface area contributed by atoms with Crippen LogP contribution in [0.1, 0.15) is 44.7 Å². The van der Waals surface area contributed by atoms with Crippen molar-refractivity contribution < 1.29 is 9.53 Å². The third-order valence-electron chi connectivity index (χ3n) is 5.84. The average molecular weight is 401 g/mol. The molecule has 0 saturated heterocycles. The van der Waals surface area contributed by atoms with E-state index in [0.717, 1.165) is 46.0 Å². The molecule has 0 unspecified atom stereocenters. The number of amides is 1. The predicted molar refractivity (Wildman–Crippen MR) is 113 cm³/mol. The molecule has 1 amide bonds. The molecule has 1 N–H and O–H groups in total. The second-order valence-corrected chi connectivity index (χ2v) is 7.62.